The van der Waals surface area contributed by atoms with Crippen LogP contribution in [0.1, 0.15) is 30.6 Å². The largest absolute Gasteiger partial charge is 0.357 e. The quantitative estimate of drug-likeness (QED) is 0.410. The van der Waals surface area contributed by atoms with Gasteiger partial charge >= 0.3 is 0 Å². The topological polar surface area (TPSA) is 65.5 Å². The first-order valence-electron chi connectivity index (χ1n) is 7.24. The molecule has 0 atom stereocenters. The lowest BCUT2D eigenvalue weighted by atomic mass is 10.2. The molecular weight excluding hydrogens is 288 g/mol. The number of carbonyl (C=O) groups is 1. The molecule has 0 spiro atoms. The molecule has 5 nitrogen and oxygen atoms in total. The van der Waals surface area contributed by atoms with Gasteiger partial charge in [-0.25, -0.2) is 0 Å². The van der Waals surface area contributed by atoms with E-state index in [-0.39, 0.29) is 5.91 Å². The predicted octanol–water partition coefficient (Wildman–Crippen LogP) is 2.03. The molecule has 1 aromatic rings. The molecule has 1 amide bonds. The highest BCUT2D eigenvalue weighted by molar-refractivity contribution is 6.33. The molecule has 1 aromatic carbocycles. The molecule has 0 aliphatic carbocycles. The summed E-state index contributed by atoms with van der Waals surface area (Å²) >= 11 is 5.98. The van der Waals surface area contributed by atoms with E-state index in [1.54, 1.807) is 24.3 Å². The second-order valence-electron chi connectivity index (χ2n) is 4.42. The summed E-state index contributed by atoms with van der Waals surface area (Å²) < 4.78 is 0. The van der Waals surface area contributed by atoms with Crippen LogP contribution >= 0.6 is 11.6 Å². The van der Waals surface area contributed by atoms with Crippen molar-refractivity contribution in [2.45, 2.75) is 20.3 Å². The van der Waals surface area contributed by atoms with Crippen molar-refractivity contribution in [3.05, 3.63) is 34.9 Å². The fourth-order valence-electron chi connectivity index (χ4n) is 1.66. The fourth-order valence-corrected chi connectivity index (χ4v) is 1.88. The smallest absolute Gasteiger partial charge is 0.252 e. The van der Waals surface area contributed by atoms with Gasteiger partial charge in [0.05, 0.1) is 10.6 Å². The first-order valence-corrected chi connectivity index (χ1v) is 7.61. The van der Waals surface area contributed by atoms with Gasteiger partial charge in [-0.1, -0.05) is 30.7 Å². The summed E-state index contributed by atoms with van der Waals surface area (Å²) in [5.41, 5.74) is 0.491. The van der Waals surface area contributed by atoms with E-state index < -0.39 is 0 Å². The van der Waals surface area contributed by atoms with Gasteiger partial charge in [0.1, 0.15) is 0 Å². The Labute approximate surface area is 131 Å². The molecular formula is C15H23ClN4O. The Balaban J connectivity index is 2.36. The van der Waals surface area contributed by atoms with Gasteiger partial charge in [0.2, 0.25) is 0 Å². The lowest BCUT2D eigenvalue weighted by Crippen LogP contribution is -2.41. The molecule has 0 bridgehead atoms. The molecule has 1 rings (SSSR count). The summed E-state index contributed by atoms with van der Waals surface area (Å²) in [6, 6.07) is 7.00. The molecule has 0 saturated heterocycles. The van der Waals surface area contributed by atoms with Crippen LogP contribution in [0.4, 0.5) is 0 Å². The molecule has 116 valence electrons. The summed E-state index contributed by atoms with van der Waals surface area (Å²) in [5, 5.41) is 9.60. The van der Waals surface area contributed by atoms with Gasteiger partial charge in [-0.15, -0.1) is 0 Å². The van der Waals surface area contributed by atoms with E-state index in [0.29, 0.717) is 23.7 Å². The van der Waals surface area contributed by atoms with Crippen LogP contribution in [-0.4, -0.2) is 38.0 Å². The van der Waals surface area contributed by atoms with Crippen LogP contribution in [0.25, 0.3) is 0 Å². The predicted molar refractivity (Wildman–Crippen MR) is 88.1 cm³/mol. The Morgan fingerprint density at radius 2 is 1.86 bits per heavy atom. The number of halogens is 1. The molecule has 3 N–H and O–H groups in total. The van der Waals surface area contributed by atoms with Crippen LogP contribution in [0, 0.1) is 0 Å². The first kappa shape index (κ1) is 17.3. The molecule has 0 aromatic heterocycles. The van der Waals surface area contributed by atoms with Crippen molar-refractivity contribution >= 4 is 23.5 Å². The number of amides is 1. The van der Waals surface area contributed by atoms with E-state index in [9.17, 15) is 4.79 Å². The number of rotatable bonds is 7. The molecule has 0 radical (unpaired) electrons. The number of nitrogens with zero attached hydrogens (tertiary/aromatic N) is 1. The Kier molecular flexibility index (Phi) is 8.28. The zero-order valence-electron chi connectivity index (χ0n) is 12.6. The number of hydrogen-bond donors (Lipinski definition) is 3. The van der Waals surface area contributed by atoms with E-state index in [1.165, 1.54) is 0 Å². The summed E-state index contributed by atoms with van der Waals surface area (Å²) in [4.78, 5) is 16.3. The summed E-state index contributed by atoms with van der Waals surface area (Å²) in [6.07, 6.45) is 1.000. The maximum atomic E-state index is 11.9. The maximum Gasteiger partial charge on any atom is 0.252 e. The number of aliphatic imine (C=N–C) groups is 1. The lowest BCUT2D eigenvalue weighted by molar-refractivity contribution is 0.0954. The molecule has 6 heteroatoms. The van der Waals surface area contributed by atoms with E-state index in [1.807, 2.05) is 6.92 Å². The molecule has 0 aliphatic heterocycles. The second-order valence-corrected chi connectivity index (χ2v) is 4.83. The zero-order valence-corrected chi connectivity index (χ0v) is 13.3. The zero-order chi connectivity index (χ0) is 15.5. The first-order chi connectivity index (χ1) is 10.2. The lowest BCUT2D eigenvalue weighted by Gasteiger charge is -2.12. The highest BCUT2D eigenvalue weighted by Gasteiger charge is 2.08. The van der Waals surface area contributed by atoms with Crippen LogP contribution in [-0.2, 0) is 0 Å². The molecule has 21 heavy (non-hydrogen) atoms. The van der Waals surface area contributed by atoms with Gasteiger partial charge in [0, 0.05) is 26.2 Å². The van der Waals surface area contributed by atoms with Gasteiger partial charge in [0.25, 0.3) is 5.91 Å². The number of guanidine groups is 1. The highest BCUT2D eigenvalue weighted by Crippen LogP contribution is 2.14. The van der Waals surface area contributed by atoms with Crippen molar-refractivity contribution in [3.8, 4) is 0 Å². The van der Waals surface area contributed by atoms with Crippen LogP contribution < -0.4 is 16.0 Å². The monoisotopic (exact) mass is 310 g/mol. The van der Waals surface area contributed by atoms with Crippen molar-refractivity contribution < 1.29 is 4.79 Å². The van der Waals surface area contributed by atoms with Crippen molar-refractivity contribution in [2.24, 2.45) is 4.99 Å². The SMILES string of the molecule is CCCN=C(NCC)NCCNC(=O)c1ccccc1Cl. The molecule has 0 heterocycles. The van der Waals surface area contributed by atoms with Crippen molar-refractivity contribution in [1.82, 2.24) is 16.0 Å². The Morgan fingerprint density at radius 1 is 1.14 bits per heavy atom. The third-order valence-corrected chi connectivity index (χ3v) is 2.99. The van der Waals surface area contributed by atoms with Crippen LogP contribution in [0.2, 0.25) is 5.02 Å². The minimum absolute atomic E-state index is 0.169. The van der Waals surface area contributed by atoms with Crippen LogP contribution in [0.3, 0.4) is 0 Å². The highest BCUT2D eigenvalue weighted by atomic mass is 35.5. The number of benzene rings is 1. The standard InChI is InChI=1S/C15H23ClN4O/c1-3-9-19-15(17-4-2)20-11-10-18-14(21)12-7-5-6-8-13(12)16/h5-8H,3-4,9-11H2,1-2H3,(H,18,21)(H2,17,19,20). The molecule has 0 saturated carbocycles. The van der Waals surface area contributed by atoms with Gasteiger partial charge in [-0.3, -0.25) is 9.79 Å². The van der Waals surface area contributed by atoms with Gasteiger partial charge < -0.3 is 16.0 Å². The Morgan fingerprint density at radius 3 is 2.52 bits per heavy atom. The third kappa shape index (κ3) is 6.49. The van der Waals surface area contributed by atoms with E-state index in [4.69, 9.17) is 11.6 Å². The average molecular weight is 311 g/mol. The van der Waals surface area contributed by atoms with Crippen molar-refractivity contribution in [1.29, 1.82) is 0 Å². The third-order valence-electron chi connectivity index (χ3n) is 2.66. The minimum Gasteiger partial charge on any atom is -0.357 e. The Bertz CT molecular complexity index is 476. The second kappa shape index (κ2) is 10.0. The minimum atomic E-state index is -0.169. The van der Waals surface area contributed by atoms with Crippen molar-refractivity contribution in [3.63, 3.8) is 0 Å². The molecule has 0 fully saturated rings. The Hall–Kier alpha value is -1.75. The van der Waals surface area contributed by atoms with Crippen LogP contribution in [0.15, 0.2) is 29.3 Å². The van der Waals surface area contributed by atoms with Gasteiger partial charge in [-0.05, 0) is 25.5 Å². The molecule has 0 aliphatic rings. The van der Waals surface area contributed by atoms with E-state index >= 15 is 0 Å². The van der Waals surface area contributed by atoms with E-state index in [2.05, 4.69) is 27.9 Å². The summed E-state index contributed by atoms with van der Waals surface area (Å²) in [6.45, 7) is 6.79. The number of carbonyl (C=O) groups excluding carboxylic acids is 1. The summed E-state index contributed by atoms with van der Waals surface area (Å²) in [7, 11) is 0. The van der Waals surface area contributed by atoms with E-state index in [0.717, 1.165) is 25.5 Å². The van der Waals surface area contributed by atoms with Crippen LogP contribution in [0.5, 0.6) is 0 Å². The van der Waals surface area contributed by atoms with Crippen molar-refractivity contribution in [2.75, 3.05) is 26.2 Å². The number of hydrogen-bond acceptors (Lipinski definition) is 2. The fraction of sp³-hybridized carbons (Fsp3) is 0.467. The van der Waals surface area contributed by atoms with Gasteiger partial charge in [-0.2, -0.15) is 0 Å². The molecule has 0 unspecified atom stereocenters. The normalized spacial score (nSPS) is 11.1. The average Bonchev–Trinajstić information content (AvgIpc) is 2.49. The summed E-state index contributed by atoms with van der Waals surface area (Å²) in [5.74, 6) is 0.601. The maximum absolute atomic E-state index is 11.9. The van der Waals surface area contributed by atoms with Gasteiger partial charge in [0.15, 0.2) is 5.96 Å². The number of nitrogens with one attached hydrogen (secondary N) is 3.